The first-order chi connectivity index (χ1) is 10.1. The van der Waals surface area contributed by atoms with Crippen LogP contribution in [0.2, 0.25) is 0 Å². The number of aliphatic hydroxyl groups excluding tert-OH is 4. The number of methoxy groups -OCH3 is 1. The van der Waals surface area contributed by atoms with Gasteiger partial charge in [-0.3, -0.25) is 5.32 Å². The lowest BCUT2D eigenvalue weighted by atomic mass is 9.96. The lowest BCUT2D eigenvalue weighted by Gasteiger charge is -2.41. The van der Waals surface area contributed by atoms with E-state index in [1.807, 2.05) is 30.3 Å². The normalized spacial score (nSPS) is 34.6. The molecule has 0 spiro atoms. The summed E-state index contributed by atoms with van der Waals surface area (Å²) >= 11 is 0. The van der Waals surface area contributed by atoms with E-state index in [0.29, 0.717) is 0 Å². The number of benzene rings is 1. The molecule has 1 fully saturated rings. The summed E-state index contributed by atoms with van der Waals surface area (Å²) in [6, 6.07) is 8.24. The van der Waals surface area contributed by atoms with Crippen LogP contribution in [0.15, 0.2) is 30.3 Å². The quantitative estimate of drug-likeness (QED) is 0.431. The van der Waals surface area contributed by atoms with E-state index in [2.05, 4.69) is 5.32 Å². The Morgan fingerprint density at radius 3 is 2.43 bits per heavy atom. The SMILES string of the molecule is COC(N[C@H]1C(O)O[C@H](CO)[C@@H](O)[C@@H]1O)c1ccccc1. The van der Waals surface area contributed by atoms with Crippen LogP contribution in [-0.4, -0.2) is 64.8 Å². The van der Waals surface area contributed by atoms with Crippen molar-refractivity contribution in [1.82, 2.24) is 5.32 Å². The van der Waals surface area contributed by atoms with Gasteiger partial charge in [0, 0.05) is 7.11 Å². The molecule has 0 radical (unpaired) electrons. The van der Waals surface area contributed by atoms with Crippen molar-refractivity contribution in [3.8, 4) is 0 Å². The first-order valence-electron chi connectivity index (χ1n) is 6.72. The largest absolute Gasteiger partial charge is 0.394 e. The lowest BCUT2D eigenvalue weighted by molar-refractivity contribution is -0.258. The molecule has 21 heavy (non-hydrogen) atoms. The van der Waals surface area contributed by atoms with E-state index < -0.39 is 43.5 Å². The van der Waals surface area contributed by atoms with Gasteiger partial charge in [-0.15, -0.1) is 0 Å². The van der Waals surface area contributed by atoms with Crippen molar-refractivity contribution >= 4 is 0 Å². The molecule has 0 saturated carbocycles. The molecule has 1 aliphatic heterocycles. The molecule has 7 heteroatoms. The number of hydrogen-bond donors (Lipinski definition) is 5. The summed E-state index contributed by atoms with van der Waals surface area (Å²) in [6.07, 6.45) is -5.58. The van der Waals surface area contributed by atoms with Crippen molar-refractivity contribution < 1.29 is 29.9 Å². The topological polar surface area (TPSA) is 111 Å². The van der Waals surface area contributed by atoms with Gasteiger partial charge in [0.1, 0.15) is 24.5 Å². The van der Waals surface area contributed by atoms with Gasteiger partial charge in [0.15, 0.2) is 6.29 Å². The summed E-state index contributed by atoms with van der Waals surface area (Å²) in [4.78, 5) is 0. The first-order valence-corrected chi connectivity index (χ1v) is 6.72. The van der Waals surface area contributed by atoms with Crippen molar-refractivity contribution in [1.29, 1.82) is 0 Å². The summed E-state index contributed by atoms with van der Waals surface area (Å²) in [5.74, 6) is 0. The zero-order valence-electron chi connectivity index (χ0n) is 11.7. The molecule has 1 saturated heterocycles. The average molecular weight is 299 g/mol. The lowest BCUT2D eigenvalue weighted by Crippen LogP contribution is -2.63. The van der Waals surface area contributed by atoms with E-state index in [1.54, 1.807) is 0 Å². The van der Waals surface area contributed by atoms with Gasteiger partial charge < -0.3 is 29.9 Å². The maximum atomic E-state index is 10.1. The van der Waals surface area contributed by atoms with E-state index in [-0.39, 0.29) is 0 Å². The van der Waals surface area contributed by atoms with Crippen LogP contribution in [0.4, 0.5) is 0 Å². The molecule has 2 unspecified atom stereocenters. The summed E-state index contributed by atoms with van der Waals surface area (Å²) in [6.45, 7) is -0.492. The van der Waals surface area contributed by atoms with Crippen LogP contribution < -0.4 is 5.32 Å². The highest BCUT2D eigenvalue weighted by molar-refractivity contribution is 5.17. The summed E-state index contributed by atoms with van der Waals surface area (Å²) in [5, 5.41) is 41.8. The van der Waals surface area contributed by atoms with Gasteiger partial charge in [-0.2, -0.15) is 0 Å². The predicted octanol–water partition coefficient (Wildman–Crippen LogP) is -1.28. The molecule has 6 atom stereocenters. The molecule has 1 aliphatic rings. The molecule has 1 aromatic rings. The van der Waals surface area contributed by atoms with Crippen molar-refractivity contribution in [2.24, 2.45) is 0 Å². The van der Waals surface area contributed by atoms with Crippen LogP contribution in [0.3, 0.4) is 0 Å². The van der Waals surface area contributed by atoms with Gasteiger partial charge in [0.2, 0.25) is 0 Å². The van der Waals surface area contributed by atoms with Gasteiger partial charge in [-0.1, -0.05) is 30.3 Å². The highest BCUT2D eigenvalue weighted by Crippen LogP contribution is 2.23. The molecule has 0 bridgehead atoms. The minimum Gasteiger partial charge on any atom is -0.394 e. The summed E-state index contributed by atoms with van der Waals surface area (Å²) < 4.78 is 10.4. The fourth-order valence-electron chi connectivity index (χ4n) is 2.38. The van der Waals surface area contributed by atoms with Crippen LogP contribution in [0.25, 0.3) is 0 Å². The highest BCUT2D eigenvalue weighted by atomic mass is 16.6. The average Bonchev–Trinajstić information content (AvgIpc) is 2.52. The van der Waals surface area contributed by atoms with Crippen molar-refractivity contribution in [2.45, 2.75) is 36.9 Å². The van der Waals surface area contributed by atoms with Crippen LogP contribution in [0.1, 0.15) is 11.8 Å². The highest BCUT2D eigenvalue weighted by Gasteiger charge is 2.44. The predicted molar refractivity (Wildman–Crippen MR) is 73.1 cm³/mol. The number of ether oxygens (including phenoxy) is 2. The standard InChI is InChI=1S/C14H21NO6/c1-20-13(8-5-3-2-4-6-8)15-10-12(18)11(17)9(7-16)21-14(10)19/h2-6,9-19H,7H2,1H3/t9-,10-,11-,12-,13?,14?/m1/s1. The molecule has 0 amide bonds. The molecule has 118 valence electrons. The maximum absolute atomic E-state index is 10.1. The zero-order chi connectivity index (χ0) is 15.4. The van der Waals surface area contributed by atoms with Gasteiger partial charge in [-0.05, 0) is 5.56 Å². The Hall–Kier alpha value is -1.06. The van der Waals surface area contributed by atoms with Gasteiger partial charge in [-0.25, -0.2) is 0 Å². The maximum Gasteiger partial charge on any atom is 0.173 e. The monoisotopic (exact) mass is 299 g/mol. The summed E-state index contributed by atoms with van der Waals surface area (Å²) in [5.41, 5.74) is 0.804. The summed E-state index contributed by atoms with van der Waals surface area (Å²) in [7, 11) is 1.49. The van der Waals surface area contributed by atoms with Crippen LogP contribution in [-0.2, 0) is 9.47 Å². The molecule has 7 nitrogen and oxygen atoms in total. The van der Waals surface area contributed by atoms with Gasteiger partial charge in [0.25, 0.3) is 0 Å². The molecule has 1 aromatic carbocycles. The Bertz CT molecular complexity index is 431. The molecule has 1 heterocycles. The van der Waals surface area contributed by atoms with Crippen molar-refractivity contribution in [3.05, 3.63) is 35.9 Å². The van der Waals surface area contributed by atoms with E-state index in [4.69, 9.17) is 14.6 Å². The minimum atomic E-state index is -1.37. The number of rotatable bonds is 5. The molecular formula is C14H21NO6. The minimum absolute atomic E-state index is 0.492. The Balaban J connectivity index is 2.10. The first kappa shape index (κ1) is 16.3. The molecule has 0 aromatic heterocycles. The second-order valence-electron chi connectivity index (χ2n) is 4.95. The Labute approximate surface area is 122 Å². The fraction of sp³-hybridized carbons (Fsp3) is 0.571. The Kier molecular flexibility index (Phi) is 5.65. The van der Waals surface area contributed by atoms with Gasteiger partial charge in [0.05, 0.1) is 12.6 Å². The third kappa shape index (κ3) is 3.58. The number of nitrogens with one attached hydrogen (secondary N) is 1. The molecular weight excluding hydrogens is 278 g/mol. The van der Waals surface area contributed by atoms with E-state index >= 15 is 0 Å². The van der Waals surface area contributed by atoms with Crippen LogP contribution in [0.5, 0.6) is 0 Å². The van der Waals surface area contributed by atoms with E-state index in [0.717, 1.165) is 5.56 Å². The van der Waals surface area contributed by atoms with E-state index in [9.17, 15) is 15.3 Å². The van der Waals surface area contributed by atoms with Crippen molar-refractivity contribution in [2.75, 3.05) is 13.7 Å². The Morgan fingerprint density at radius 1 is 1.19 bits per heavy atom. The second kappa shape index (κ2) is 7.28. The molecule has 2 rings (SSSR count). The molecule has 5 N–H and O–H groups in total. The molecule has 0 aliphatic carbocycles. The third-order valence-electron chi connectivity index (χ3n) is 3.58. The number of hydrogen-bond acceptors (Lipinski definition) is 7. The van der Waals surface area contributed by atoms with Crippen LogP contribution >= 0.6 is 0 Å². The Morgan fingerprint density at radius 2 is 1.86 bits per heavy atom. The fourth-order valence-corrected chi connectivity index (χ4v) is 2.38. The van der Waals surface area contributed by atoms with Crippen molar-refractivity contribution in [3.63, 3.8) is 0 Å². The smallest absolute Gasteiger partial charge is 0.173 e. The van der Waals surface area contributed by atoms with Gasteiger partial charge >= 0.3 is 0 Å². The number of aliphatic hydroxyl groups is 4. The zero-order valence-corrected chi connectivity index (χ0v) is 11.7. The third-order valence-corrected chi connectivity index (χ3v) is 3.58. The van der Waals surface area contributed by atoms with Crippen LogP contribution in [0, 0.1) is 0 Å². The second-order valence-corrected chi connectivity index (χ2v) is 4.95. The van der Waals surface area contributed by atoms with E-state index in [1.165, 1.54) is 7.11 Å².